The Balaban J connectivity index is 2.96. The van der Waals surface area contributed by atoms with Gasteiger partial charge < -0.3 is 0 Å². The van der Waals surface area contributed by atoms with E-state index in [4.69, 9.17) is 5.84 Å². The van der Waals surface area contributed by atoms with Crippen molar-refractivity contribution < 1.29 is 0 Å². The highest BCUT2D eigenvalue weighted by atomic mass is 79.9. The summed E-state index contributed by atoms with van der Waals surface area (Å²) in [4.78, 5) is 0. The van der Waals surface area contributed by atoms with E-state index in [-0.39, 0.29) is 6.04 Å². The fourth-order valence-electron chi connectivity index (χ4n) is 1.55. The molecule has 0 aliphatic carbocycles. The Morgan fingerprint density at radius 3 is 2.79 bits per heavy atom. The van der Waals surface area contributed by atoms with Crippen molar-refractivity contribution >= 4 is 15.9 Å². The first-order valence-corrected chi connectivity index (χ1v) is 5.70. The van der Waals surface area contributed by atoms with Crippen LogP contribution in [0.3, 0.4) is 0 Å². The van der Waals surface area contributed by atoms with Gasteiger partial charge in [-0.1, -0.05) is 47.0 Å². The van der Waals surface area contributed by atoms with Crippen molar-refractivity contribution in [1.82, 2.24) is 5.43 Å². The third-order valence-corrected chi connectivity index (χ3v) is 3.03. The summed E-state index contributed by atoms with van der Waals surface area (Å²) in [6, 6.07) is 6.58. The van der Waals surface area contributed by atoms with E-state index >= 15 is 0 Å². The number of nitrogens with one attached hydrogen (secondary N) is 1. The van der Waals surface area contributed by atoms with E-state index < -0.39 is 0 Å². The topological polar surface area (TPSA) is 38.0 Å². The van der Waals surface area contributed by atoms with Crippen LogP contribution in [0.5, 0.6) is 0 Å². The molecular formula is C11H17BrN2. The third-order valence-electron chi connectivity index (χ3n) is 2.31. The van der Waals surface area contributed by atoms with Crippen molar-refractivity contribution in [2.75, 3.05) is 0 Å². The number of hydrazine groups is 1. The molecular weight excluding hydrogens is 240 g/mol. The molecule has 0 aliphatic rings. The van der Waals surface area contributed by atoms with E-state index in [0.29, 0.717) is 0 Å². The number of halogens is 1. The Bertz CT molecular complexity index is 299. The van der Waals surface area contributed by atoms with Crippen LogP contribution in [0.4, 0.5) is 0 Å². The first kappa shape index (κ1) is 11.7. The summed E-state index contributed by atoms with van der Waals surface area (Å²) in [7, 11) is 0. The Kier molecular flexibility index (Phi) is 4.58. The van der Waals surface area contributed by atoms with Crippen LogP contribution in [0.15, 0.2) is 22.7 Å². The molecule has 1 atom stereocenters. The van der Waals surface area contributed by atoms with Crippen LogP contribution in [0, 0.1) is 6.92 Å². The summed E-state index contributed by atoms with van der Waals surface area (Å²) in [5.74, 6) is 5.54. The predicted octanol–water partition coefficient (Wildman–Crippen LogP) is 3.06. The van der Waals surface area contributed by atoms with Crippen molar-refractivity contribution in [3.8, 4) is 0 Å². The maximum Gasteiger partial charge on any atom is 0.0471 e. The van der Waals surface area contributed by atoms with Gasteiger partial charge in [-0.2, -0.15) is 0 Å². The van der Waals surface area contributed by atoms with Gasteiger partial charge in [-0.25, -0.2) is 0 Å². The molecule has 1 unspecified atom stereocenters. The Morgan fingerprint density at radius 1 is 1.50 bits per heavy atom. The molecule has 0 fully saturated rings. The SMILES string of the molecule is CCCC(NN)c1cc(C)ccc1Br. The van der Waals surface area contributed by atoms with Crippen LogP contribution < -0.4 is 11.3 Å². The highest BCUT2D eigenvalue weighted by molar-refractivity contribution is 9.10. The van der Waals surface area contributed by atoms with Gasteiger partial charge in [-0.3, -0.25) is 11.3 Å². The molecule has 14 heavy (non-hydrogen) atoms. The summed E-state index contributed by atoms with van der Waals surface area (Å²) in [5, 5.41) is 0. The van der Waals surface area contributed by atoms with Crippen LogP contribution >= 0.6 is 15.9 Å². The monoisotopic (exact) mass is 256 g/mol. The zero-order valence-electron chi connectivity index (χ0n) is 8.68. The fourth-order valence-corrected chi connectivity index (χ4v) is 2.07. The molecule has 0 bridgehead atoms. The second kappa shape index (κ2) is 5.49. The van der Waals surface area contributed by atoms with Gasteiger partial charge in [-0.15, -0.1) is 0 Å². The van der Waals surface area contributed by atoms with Gasteiger partial charge in [0.2, 0.25) is 0 Å². The minimum atomic E-state index is 0.245. The molecule has 0 saturated heterocycles. The van der Waals surface area contributed by atoms with Crippen molar-refractivity contribution in [1.29, 1.82) is 0 Å². The van der Waals surface area contributed by atoms with Crippen LogP contribution in [0.2, 0.25) is 0 Å². The lowest BCUT2D eigenvalue weighted by Crippen LogP contribution is -2.28. The first-order valence-electron chi connectivity index (χ1n) is 4.91. The standard InChI is InChI=1S/C11H17BrN2/c1-3-4-11(14-13)9-7-8(2)5-6-10(9)12/h5-7,11,14H,3-4,13H2,1-2H3. The van der Waals surface area contributed by atoms with Gasteiger partial charge in [0, 0.05) is 10.5 Å². The van der Waals surface area contributed by atoms with Gasteiger partial charge in [0.1, 0.15) is 0 Å². The van der Waals surface area contributed by atoms with Crippen molar-refractivity contribution in [3.05, 3.63) is 33.8 Å². The summed E-state index contributed by atoms with van der Waals surface area (Å²) < 4.78 is 1.12. The lowest BCUT2D eigenvalue weighted by Gasteiger charge is -2.17. The molecule has 0 spiro atoms. The number of nitrogens with two attached hydrogens (primary N) is 1. The zero-order chi connectivity index (χ0) is 10.6. The lowest BCUT2D eigenvalue weighted by atomic mass is 10.0. The summed E-state index contributed by atoms with van der Waals surface area (Å²) in [6.07, 6.45) is 2.17. The van der Waals surface area contributed by atoms with Gasteiger partial charge in [0.15, 0.2) is 0 Å². The maximum absolute atomic E-state index is 5.54. The van der Waals surface area contributed by atoms with Crippen LogP contribution in [0.25, 0.3) is 0 Å². The van der Waals surface area contributed by atoms with Crippen LogP contribution in [0.1, 0.15) is 36.9 Å². The number of hydrogen-bond donors (Lipinski definition) is 2. The molecule has 1 aromatic carbocycles. The average molecular weight is 257 g/mol. The molecule has 3 heteroatoms. The van der Waals surface area contributed by atoms with Crippen molar-refractivity contribution in [3.63, 3.8) is 0 Å². The Morgan fingerprint density at radius 2 is 2.21 bits per heavy atom. The molecule has 78 valence electrons. The van der Waals surface area contributed by atoms with E-state index in [1.807, 2.05) is 0 Å². The predicted molar refractivity (Wildman–Crippen MR) is 63.9 cm³/mol. The van der Waals surface area contributed by atoms with Gasteiger partial charge >= 0.3 is 0 Å². The highest BCUT2D eigenvalue weighted by Crippen LogP contribution is 2.26. The minimum absolute atomic E-state index is 0.245. The van der Waals surface area contributed by atoms with E-state index in [9.17, 15) is 0 Å². The zero-order valence-corrected chi connectivity index (χ0v) is 10.3. The number of benzene rings is 1. The molecule has 1 rings (SSSR count). The van der Waals surface area contributed by atoms with Crippen molar-refractivity contribution in [2.45, 2.75) is 32.7 Å². The minimum Gasteiger partial charge on any atom is -0.271 e. The summed E-state index contributed by atoms with van der Waals surface area (Å²) in [6.45, 7) is 4.25. The maximum atomic E-state index is 5.54. The largest absolute Gasteiger partial charge is 0.271 e. The van der Waals surface area contributed by atoms with E-state index in [0.717, 1.165) is 17.3 Å². The van der Waals surface area contributed by atoms with E-state index in [1.165, 1.54) is 11.1 Å². The first-order chi connectivity index (χ1) is 6.69. The second-order valence-corrected chi connectivity index (χ2v) is 4.39. The van der Waals surface area contributed by atoms with E-state index in [2.05, 4.69) is 53.4 Å². The molecule has 1 aromatic rings. The quantitative estimate of drug-likeness (QED) is 0.642. The summed E-state index contributed by atoms with van der Waals surface area (Å²) in [5.41, 5.74) is 5.37. The summed E-state index contributed by atoms with van der Waals surface area (Å²) >= 11 is 3.55. The Labute approximate surface area is 94.0 Å². The average Bonchev–Trinajstić information content (AvgIpc) is 2.18. The smallest absolute Gasteiger partial charge is 0.0471 e. The normalized spacial score (nSPS) is 12.9. The van der Waals surface area contributed by atoms with Crippen molar-refractivity contribution in [2.24, 2.45) is 5.84 Å². The third kappa shape index (κ3) is 2.80. The van der Waals surface area contributed by atoms with E-state index in [1.54, 1.807) is 0 Å². The fraction of sp³-hybridized carbons (Fsp3) is 0.455. The molecule has 3 N–H and O–H groups in total. The molecule has 2 nitrogen and oxygen atoms in total. The molecule has 0 heterocycles. The Hall–Kier alpha value is -0.380. The molecule has 0 aliphatic heterocycles. The van der Waals surface area contributed by atoms with Gasteiger partial charge in [0.25, 0.3) is 0 Å². The number of hydrogen-bond acceptors (Lipinski definition) is 2. The highest BCUT2D eigenvalue weighted by Gasteiger charge is 2.11. The van der Waals surface area contributed by atoms with Crippen LogP contribution in [-0.4, -0.2) is 0 Å². The van der Waals surface area contributed by atoms with Crippen LogP contribution in [-0.2, 0) is 0 Å². The van der Waals surface area contributed by atoms with Gasteiger partial charge in [0.05, 0.1) is 0 Å². The molecule has 0 saturated carbocycles. The molecule has 0 aromatic heterocycles. The number of rotatable bonds is 4. The second-order valence-electron chi connectivity index (χ2n) is 3.53. The molecule has 0 radical (unpaired) electrons. The lowest BCUT2D eigenvalue weighted by molar-refractivity contribution is 0.508. The number of aryl methyl sites for hydroxylation is 1. The van der Waals surface area contributed by atoms with Gasteiger partial charge in [-0.05, 0) is 25.0 Å². The molecule has 0 amide bonds.